The van der Waals surface area contributed by atoms with E-state index < -0.39 is 0 Å². The third-order valence-corrected chi connectivity index (χ3v) is 12.2. The number of amides is 2. The van der Waals surface area contributed by atoms with Crippen LogP contribution >= 0.6 is 0 Å². The Labute approximate surface area is 306 Å². The van der Waals surface area contributed by atoms with Crippen LogP contribution in [0, 0.1) is 11.8 Å². The molecule has 4 heterocycles. The first kappa shape index (κ1) is 37.4. The molecular weight excluding hydrogens is 637 g/mol. The quantitative estimate of drug-likeness (QED) is 0.253. The molecule has 1 N–H and O–H groups in total. The Morgan fingerprint density at radius 1 is 0.902 bits per heavy atom. The molecule has 51 heavy (non-hydrogen) atoms. The molecule has 0 radical (unpaired) electrons. The predicted molar refractivity (Wildman–Crippen MR) is 208 cm³/mol. The van der Waals surface area contributed by atoms with Gasteiger partial charge in [0, 0.05) is 57.3 Å². The summed E-state index contributed by atoms with van der Waals surface area (Å²) in [4.78, 5) is 36.5. The van der Waals surface area contributed by atoms with Crippen LogP contribution < -0.4 is 10.1 Å². The Balaban J connectivity index is 1.18. The minimum Gasteiger partial charge on any atom is -0.494 e. The summed E-state index contributed by atoms with van der Waals surface area (Å²) in [6.45, 7) is 19.3. The minimum absolute atomic E-state index is 0.0397. The van der Waals surface area contributed by atoms with Crippen molar-refractivity contribution in [3.8, 4) is 5.75 Å². The zero-order valence-electron chi connectivity index (χ0n) is 32.6. The van der Waals surface area contributed by atoms with Crippen molar-refractivity contribution >= 4 is 28.4 Å². The lowest BCUT2D eigenvalue weighted by molar-refractivity contribution is -0.137. The van der Waals surface area contributed by atoms with Crippen molar-refractivity contribution in [3.05, 3.63) is 58.8 Å². The van der Waals surface area contributed by atoms with Gasteiger partial charge in [-0.05, 0) is 92.9 Å². The second-order valence-electron chi connectivity index (χ2n) is 16.6. The lowest BCUT2D eigenvalue weighted by atomic mass is 9.83. The number of hydrogen-bond donors (Lipinski definition) is 1. The number of methoxy groups -OCH3 is 1. The second-order valence-corrected chi connectivity index (χ2v) is 16.6. The van der Waals surface area contributed by atoms with Crippen molar-refractivity contribution in [2.75, 3.05) is 65.3 Å². The number of benzene rings is 2. The van der Waals surface area contributed by atoms with Crippen LogP contribution in [0.4, 0.5) is 5.69 Å². The van der Waals surface area contributed by atoms with Gasteiger partial charge in [0.1, 0.15) is 11.4 Å². The van der Waals surface area contributed by atoms with Gasteiger partial charge in [0.25, 0.3) is 5.91 Å². The zero-order valence-corrected chi connectivity index (χ0v) is 32.6. The molecule has 0 aliphatic carbocycles. The smallest absolute Gasteiger partial charge is 0.272 e. The standard InChI is InChI=1S/C42H62N6O3/c1-9-29(2)30-15-18-46(19-16-30)28-33-24-34(42(3,4)5)26-35(39(33)51-8)43-40(49)37-25-31-12-10-13-32(38(31)45(37)7)27-47-20-22-48(23-21-47)41(50)36-14-11-17-44(36)6/h10,12-13,24-26,29-30,36H,9,11,14-23,27-28H2,1-8H3,(H,43,49)/t29?,36-/m0/s1. The molecule has 278 valence electrons. The first-order valence-electron chi connectivity index (χ1n) is 19.4. The van der Waals surface area contributed by atoms with E-state index in [-0.39, 0.29) is 23.3 Å². The summed E-state index contributed by atoms with van der Waals surface area (Å²) in [6, 6.07) is 12.8. The zero-order chi connectivity index (χ0) is 36.4. The topological polar surface area (TPSA) is 73.3 Å². The number of carbonyl (C=O) groups is 2. The van der Waals surface area contributed by atoms with Crippen LogP contribution in [0.15, 0.2) is 36.4 Å². The van der Waals surface area contributed by atoms with E-state index in [1.54, 1.807) is 7.11 Å². The van der Waals surface area contributed by atoms with E-state index in [1.807, 2.05) is 17.7 Å². The summed E-state index contributed by atoms with van der Waals surface area (Å²) in [5, 5.41) is 4.34. The number of likely N-dealkylation sites (N-methyl/N-ethyl adjacent to an activating group) is 1. The molecule has 3 saturated heterocycles. The third-order valence-electron chi connectivity index (χ3n) is 12.2. The number of fused-ring (bicyclic) bond motifs is 1. The van der Waals surface area contributed by atoms with E-state index in [9.17, 15) is 9.59 Å². The molecule has 9 nitrogen and oxygen atoms in total. The molecule has 3 aliphatic rings. The number of aryl methyl sites for hydroxylation is 1. The number of ether oxygens (including phenoxy) is 1. The van der Waals surface area contributed by atoms with E-state index in [0.717, 1.165) is 111 Å². The number of para-hydroxylation sites is 1. The highest BCUT2D eigenvalue weighted by Gasteiger charge is 2.33. The monoisotopic (exact) mass is 698 g/mol. The summed E-state index contributed by atoms with van der Waals surface area (Å²) >= 11 is 0. The lowest BCUT2D eigenvalue weighted by Gasteiger charge is -2.37. The molecule has 2 atom stereocenters. The summed E-state index contributed by atoms with van der Waals surface area (Å²) < 4.78 is 8.11. The van der Waals surface area contributed by atoms with Crippen molar-refractivity contribution in [1.29, 1.82) is 0 Å². The van der Waals surface area contributed by atoms with Crippen molar-refractivity contribution in [2.45, 2.75) is 91.3 Å². The van der Waals surface area contributed by atoms with E-state index >= 15 is 0 Å². The number of likely N-dealkylation sites (tertiary alicyclic amines) is 2. The largest absolute Gasteiger partial charge is 0.494 e. The van der Waals surface area contributed by atoms with Crippen LogP contribution in [0.3, 0.4) is 0 Å². The highest BCUT2D eigenvalue weighted by atomic mass is 16.5. The Morgan fingerprint density at radius 3 is 2.22 bits per heavy atom. The molecule has 0 saturated carbocycles. The van der Waals surface area contributed by atoms with Crippen LogP contribution in [0.1, 0.15) is 93.9 Å². The predicted octanol–water partition coefficient (Wildman–Crippen LogP) is 6.73. The summed E-state index contributed by atoms with van der Waals surface area (Å²) in [7, 11) is 5.77. The molecule has 0 bridgehead atoms. The van der Waals surface area contributed by atoms with Gasteiger partial charge in [0.15, 0.2) is 0 Å². The number of piperazine rings is 1. The molecule has 3 fully saturated rings. The van der Waals surface area contributed by atoms with Gasteiger partial charge in [-0.1, -0.05) is 65.3 Å². The SMILES string of the molecule is CCC(C)C1CCN(Cc2cc(C(C)(C)C)cc(NC(=O)c3cc4cccc(CN5CCN(C(=O)[C@@H]6CCCN6C)CC5)c4n3C)c2OC)CC1. The number of rotatable bonds is 10. The van der Waals surface area contributed by atoms with Crippen molar-refractivity contribution in [3.63, 3.8) is 0 Å². The van der Waals surface area contributed by atoms with Gasteiger partial charge in [-0.2, -0.15) is 0 Å². The summed E-state index contributed by atoms with van der Waals surface area (Å²) in [5.74, 6) is 2.46. The van der Waals surface area contributed by atoms with Crippen molar-refractivity contribution in [2.24, 2.45) is 18.9 Å². The number of nitrogens with one attached hydrogen (secondary N) is 1. The first-order chi connectivity index (χ1) is 24.4. The molecule has 2 amide bonds. The van der Waals surface area contributed by atoms with E-state index in [4.69, 9.17) is 4.74 Å². The number of piperidine rings is 1. The maximum Gasteiger partial charge on any atom is 0.272 e. The van der Waals surface area contributed by atoms with Gasteiger partial charge >= 0.3 is 0 Å². The van der Waals surface area contributed by atoms with Gasteiger partial charge in [0.05, 0.1) is 24.4 Å². The molecule has 2 aromatic carbocycles. The molecular formula is C42H62N6O3. The second kappa shape index (κ2) is 15.7. The number of nitrogens with zero attached hydrogens (tertiary/aromatic N) is 5. The fraction of sp³-hybridized carbons (Fsp3) is 0.619. The van der Waals surface area contributed by atoms with Crippen LogP contribution in [0.2, 0.25) is 0 Å². The van der Waals surface area contributed by atoms with Gasteiger partial charge in [-0.15, -0.1) is 0 Å². The Hall–Kier alpha value is -3.40. The maximum atomic E-state index is 14.1. The van der Waals surface area contributed by atoms with Crippen LogP contribution in [0.5, 0.6) is 5.75 Å². The number of hydrogen-bond acceptors (Lipinski definition) is 6. The average molecular weight is 699 g/mol. The Morgan fingerprint density at radius 2 is 1.59 bits per heavy atom. The van der Waals surface area contributed by atoms with E-state index in [2.05, 4.69) is 96.9 Å². The maximum absolute atomic E-state index is 14.1. The van der Waals surface area contributed by atoms with Crippen LogP contribution in [-0.2, 0) is 30.3 Å². The highest BCUT2D eigenvalue weighted by molar-refractivity contribution is 6.07. The van der Waals surface area contributed by atoms with Gasteiger partial charge in [-0.25, -0.2) is 0 Å². The van der Waals surface area contributed by atoms with Crippen LogP contribution in [-0.4, -0.2) is 102 Å². The fourth-order valence-corrected chi connectivity index (χ4v) is 8.66. The normalized spacial score (nSPS) is 20.6. The van der Waals surface area contributed by atoms with Gasteiger partial charge < -0.3 is 19.5 Å². The average Bonchev–Trinajstić information content (AvgIpc) is 3.70. The Bertz CT molecular complexity index is 1690. The molecule has 0 spiro atoms. The van der Waals surface area contributed by atoms with Gasteiger partial charge in [0.2, 0.25) is 5.91 Å². The summed E-state index contributed by atoms with van der Waals surface area (Å²) in [6.07, 6.45) is 5.78. The number of aromatic nitrogens is 1. The molecule has 6 rings (SSSR count). The number of anilines is 1. The number of carbonyl (C=O) groups excluding carboxylic acids is 2. The van der Waals surface area contributed by atoms with Crippen molar-refractivity contribution in [1.82, 2.24) is 24.2 Å². The minimum atomic E-state index is -0.145. The highest BCUT2D eigenvalue weighted by Crippen LogP contribution is 2.38. The summed E-state index contributed by atoms with van der Waals surface area (Å²) in [5.41, 5.74) is 5.82. The lowest BCUT2D eigenvalue weighted by Crippen LogP contribution is -2.52. The van der Waals surface area contributed by atoms with Crippen molar-refractivity contribution < 1.29 is 14.3 Å². The molecule has 9 heteroatoms. The molecule has 3 aliphatic heterocycles. The third kappa shape index (κ3) is 8.16. The van der Waals surface area contributed by atoms with E-state index in [1.165, 1.54) is 30.4 Å². The molecule has 1 unspecified atom stereocenters. The van der Waals surface area contributed by atoms with E-state index in [0.29, 0.717) is 5.69 Å². The fourth-order valence-electron chi connectivity index (χ4n) is 8.66. The molecule has 1 aromatic heterocycles. The van der Waals surface area contributed by atoms with Crippen LogP contribution in [0.25, 0.3) is 10.9 Å². The van der Waals surface area contributed by atoms with Gasteiger partial charge in [-0.3, -0.25) is 24.3 Å². The molecule has 3 aromatic rings. The first-order valence-corrected chi connectivity index (χ1v) is 19.4. The Kier molecular flexibility index (Phi) is 11.5.